The largest absolute Gasteiger partial charge is 0.384 e. The van der Waals surface area contributed by atoms with Gasteiger partial charge in [0.15, 0.2) is 0 Å². The lowest BCUT2D eigenvalue weighted by Crippen LogP contribution is -2.15. The van der Waals surface area contributed by atoms with Crippen LogP contribution in [-0.2, 0) is 0 Å². The number of nitrogen functional groups attached to an aromatic ring is 1. The molecule has 0 radical (unpaired) electrons. The number of hydrogen-bond donors (Lipinski definition) is 2. The third kappa shape index (κ3) is 3.36. The van der Waals surface area contributed by atoms with Gasteiger partial charge in [-0.25, -0.2) is 4.98 Å². The summed E-state index contributed by atoms with van der Waals surface area (Å²) >= 11 is 4.97. The van der Waals surface area contributed by atoms with Gasteiger partial charge in [0.25, 0.3) is 0 Å². The average Bonchev–Trinajstić information content (AvgIpc) is 2.26. The van der Waals surface area contributed by atoms with Crippen molar-refractivity contribution in [2.75, 3.05) is 0 Å². The molecule has 0 atom stereocenters. The Kier molecular flexibility index (Phi) is 4.27. The Labute approximate surface area is 125 Å². The number of rotatable bonds is 3. The van der Waals surface area contributed by atoms with Gasteiger partial charge in [-0.2, -0.15) is 0 Å². The summed E-state index contributed by atoms with van der Waals surface area (Å²) in [5.74, 6) is 0.0579. The number of benzene rings is 1. The summed E-state index contributed by atoms with van der Waals surface area (Å²) in [7, 11) is 0. The van der Waals surface area contributed by atoms with Gasteiger partial charge in [0.05, 0.1) is 5.56 Å². The number of aryl methyl sites for hydroxylation is 2. The number of hydrogen-bond acceptors (Lipinski definition) is 3. The fourth-order valence-electron chi connectivity index (χ4n) is 1.85. The van der Waals surface area contributed by atoms with Crippen LogP contribution in [0.25, 0.3) is 0 Å². The predicted octanol–water partition coefficient (Wildman–Crippen LogP) is 3.90. The van der Waals surface area contributed by atoms with Crippen molar-refractivity contribution in [3.63, 3.8) is 0 Å². The lowest BCUT2D eigenvalue weighted by atomic mass is 10.1. The van der Waals surface area contributed by atoms with Crippen LogP contribution in [0.15, 0.2) is 44.7 Å². The Morgan fingerprint density at radius 2 is 2.05 bits per heavy atom. The minimum absolute atomic E-state index is 0.0579. The summed E-state index contributed by atoms with van der Waals surface area (Å²) in [5, 5.41) is 8.49. The zero-order chi connectivity index (χ0) is 14.0. The molecule has 0 fully saturated rings. The number of nitrogens with one attached hydrogen (secondary N) is 1. The van der Waals surface area contributed by atoms with E-state index in [1.54, 1.807) is 0 Å². The molecule has 1 heterocycles. The standard InChI is InChI=1S/C14H14BrN3S/c1-8-6-9(2)18-14(12(8)13(16)17)19-11-5-3-4-10(15)7-11/h3-7H,1-2H3,(H3,16,17). The summed E-state index contributed by atoms with van der Waals surface area (Å²) in [6.45, 7) is 3.90. The Bertz CT molecular complexity index is 641. The second kappa shape index (κ2) is 5.75. The lowest BCUT2D eigenvalue weighted by Gasteiger charge is -2.11. The third-order valence-corrected chi connectivity index (χ3v) is 4.06. The van der Waals surface area contributed by atoms with E-state index in [0.29, 0.717) is 0 Å². The van der Waals surface area contributed by atoms with Gasteiger partial charge in [0, 0.05) is 15.1 Å². The molecule has 2 aromatic rings. The SMILES string of the molecule is Cc1cc(C)c(C(=N)N)c(Sc2cccc(Br)c2)n1. The van der Waals surface area contributed by atoms with E-state index in [0.717, 1.165) is 31.2 Å². The van der Waals surface area contributed by atoms with Crippen LogP contribution >= 0.6 is 27.7 Å². The van der Waals surface area contributed by atoms with Crippen LogP contribution in [0.1, 0.15) is 16.8 Å². The average molecular weight is 336 g/mol. The second-order valence-corrected chi connectivity index (χ2v) is 6.21. The van der Waals surface area contributed by atoms with E-state index < -0.39 is 0 Å². The van der Waals surface area contributed by atoms with Crippen LogP contribution < -0.4 is 5.73 Å². The summed E-state index contributed by atoms with van der Waals surface area (Å²) in [6, 6.07) is 9.93. The van der Waals surface area contributed by atoms with Crippen LogP contribution in [0, 0.1) is 19.3 Å². The number of amidine groups is 1. The first-order valence-electron chi connectivity index (χ1n) is 5.73. The normalized spacial score (nSPS) is 10.5. The predicted molar refractivity (Wildman–Crippen MR) is 83.0 cm³/mol. The Balaban J connectivity index is 2.47. The molecule has 98 valence electrons. The van der Waals surface area contributed by atoms with Crippen molar-refractivity contribution in [1.29, 1.82) is 5.41 Å². The Morgan fingerprint density at radius 3 is 2.68 bits per heavy atom. The molecular formula is C14H14BrN3S. The molecule has 5 heteroatoms. The molecule has 0 aliphatic heterocycles. The van der Waals surface area contributed by atoms with Crippen LogP contribution in [0.4, 0.5) is 0 Å². The Morgan fingerprint density at radius 1 is 1.32 bits per heavy atom. The highest BCUT2D eigenvalue weighted by Gasteiger charge is 2.13. The van der Waals surface area contributed by atoms with E-state index in [1.165, 1.54) is 11.8 Å². The maximum absolute atomic E-state index is 7.71. The quantitative estimate of drug-likeness (QED) is 0.660. The topological polar surface area (TPSA) is 62.8 Å². The fourth-order valence-corrected chi connectivity index (χ4v) is 3.52. The number of nitrogens with zero attached hydrogens (tertiary/aromatic N) is 1. The first kappa shape index (κ1) is 14.1. The summed E-state index contributed by atoms with van der Waals surface area (Å²) in [4.78, 5) is 5.57. The lowest BCUT2D eigenvalue weighted by molar-refractivity contribution is 1.03. The monoisotopic (exact) mass is 335 g/mol. The van der Waals surface area contributed by atoms with Crippen molar-refractivity contribution in [3.05, 3.63) is 51.6 Å². The number of pyridine rings is 1. The molecule has 0 saturated carbocycles. The van der Waals surface area contributed by atoms with E-state index in [9.17, 15) is 0 Å². The fraction of sp³-hybridized carbons (Fsp3) is 0.143. The molecule has 0 aliphatic rings. The number of halogens is 1. The van der Waals surface area contributed by atoms with Crippen LogP contribution in [0.3, 0.4) is 0 Å². The number of aromatic nitrogens is 1. The van der Waals surface area contributed by atoms with Gasteiger partial charge >= 0.3 is 0 Å². The van der Waals surface area contributed by atoms with Gasteiger partial charge in [-0.05, 0) is 43.7 Å². The van der Waals surface area contributed by atoms with E-state index >= 15 is 0 Å². The molecule has 1 aromatic heterocycles. The molecule has 0 amide bonds. The molecule has 1 aromatic carbocycles. The second-order valence-electron chi connectivity index (χ2n) is 4.23. The summed E-state index contributed by atoms with van der Waals surface area (Å²) in [5.41, 5.74) is 8.30. The summed E-state index contributed by atoms with van der Waals surface area (Å²) in [6.07, 6.45) is 0. The maximum atomic E-state index is 7.71. The first-order chi connectivity index (χ1) is 8.97. The zero-order valence-electron chi connectivity index (χ0n) is 10.7. The van der Waals surface area contributed by atoms with Gasteiger partial charge in [0.2, 0.25) is 0 Å². The van der Waals surface area contributed by atoms with Gasteiger partial charge < -0.3 is 5.73 Å². The Hall–Kier alpha value is -1.33. The molecule has 0 spiro atoms. The van der Waals surface area contributed by atoms with Gasteiger partial charge in [0.1, 0.15) is 10.9 Å². The van der Waals surface area contributed by atoms with Crippen molar-refractivity contribution < 1.29 is 0 Å². The first-order valence-corrected chi connectivity index (χ1v) is 7.34. The maximum Gasteiger partial charge on any atom is 0.125 e. The summed E-state index contributed by atoms with van der Waals surface area (Å²) < 4.78 is 1.02. The molecule has 3 nitrogen and oxygen atoms in total. The van der Waals surface area contributed by atoms with Crippen molar-refractivity contribution >= 4 is 33.5 Å². The van der Waals surface area contributed by atoms with E-state index in [2.05, 4.69) is 20.9 Å². The molecule has 19 heavy (non-hydrogen) atoms. The van der Waals surface area contributed by atoms with Crippen LogP contribution in [0.5, 0.6) is 0 Å². The van der Waals surface area contributed by atoms with E-state index in [-0.39, 0.29) is 5.84 Å². The van der Waals surface area contributed by atoms with Crippen molar-refractivity contribution in [1.82, 2.24) is 4.98 Å². The molecule has 0 aliphatic carbocycles. The zero-order valence-corrected chi connectivity index (χ0v) is 13.1. The van der Waals surface area contributed by atoms with Crippen molar-refractivity contribution in [3.8, 4) is 0 Å². The molecule has 2 rings (SSSR count). The molecule has 0 unspecified atom stereocenters. The minimum atomic E-state index is 0.0579. The third-order valence-electron chi connectivity index (χ3n) is 2.59. The molecule has 0 saturated heterocycles. The molecule has 0 bridgehead atoms. The van der Waals surface area contributed by atoms with Crippen LogP contribution in [-0.4, -0.2) is 10.8 Å². The van der Waals surface area contributed by atoms with Gasteiger partial charge in [-0.15, -0.1) is 0 Å². The van der Waals surface area contributed by atoms with Gasteiger partial charge in [-0.3, -0.25) is 5.41 Å². The highest BCUT2D eigenvalue weighted by atomic mass is 79.9. The van der Waals surface area contributed by atoms with Crippen molar-refractivity contribution in [2.24, 2.45) is 5.73 Å². The molecule has 3 N–H and O–H groups in total. The van der Waals surface area contributed by atoms with E-state index in [4.69, 9.17) is 11.1 Å². The molecular weight excluding hydrogens is 322 g/mol. The van der Waals surface area contributed by atoms with Crippen LogP contribution in [0.2, 0.25) is 0 Å². The highest BCUT2D eigenvalue weighted by molar-refractivity contribution is 9.10. The minimum Gasteiger partial charge on any atom is -0.384 e. The van der Waals surface area contributed by atoms with Crippen molar-refractivity contribution in [2.45, 2.75) is 23.8 Å². The van der Waals surface area contributed by atoms with E-state index in [1.807, 2.05) is 44.2 Å². The highest BCUT2D eigenvalue weighted by Crippen LogP contribution is 2.31. The number of nitrogens with two attached hydrogens (primary N) is 1. The van der Waals surface area contributed by atoms with Gasteiger partial charge in [-0.1, -0.05) is 33.8 Å². The smallest absolute Gasteiger partial charge is 0.125 e.